The highest BCUT2D eigenvalue weighted by atomic mass is 32.1. The zero-order chi connectivity index (χ0) is 12.4. The summed E-state index contributed by atoms with van der Waals surface area (Å²) in [5, 5.41) is 5.46. The first-order valence-corrected chi connectivity index (χ1v) is 7.66. The quantitative estimate of drug-likeness (QED) is 0.885. The summed E-state index contributed by atoms with van der Waals surface area (Å²) in [7, 11) is 0. The second-order valence-electron chi connectivity index (χ2n) is 5.57. The molecule has 0 aromatic carbocycles. The van der Waals surface area contributed by atoms with E-state index < -0.39 is 0 Å². The number of carbonyl (C=O) groups excluding carboxylic acids is 1. The van der Waals surface area contributed by atoms with Crippen molar-refractivity contribution in [2.45, 2.75) is 25.7 Å². The predicted octanol–water partition coefficient (Wildman–Crippen LogP) is 1.89. The van der Waals surface area contributed by atoms with Crippen molar-refractivity contribution in [2.24, 2.45) is 5.41 Å². The van der Waals surface area contributed by atoms with E-state index in [2.05, 4.69) is 16.3 Å². The van der Waals surface area contributed by atoms with Gasteiger partial charge in [-0.05, 0) is 49.2 Å². The first kappa shape index (κ1) is 12.2. The average molecular weight is 264 g/mol. The standard InChI is InChI=1S/C14H20N2OS/c17-13(10-12-2-1-9-18-12)16-8-5-14(11-16)3-6-15-7-4-14/h1-2,9,15H,3-8,10-11H2. The van der Waals surface area contributed by atoms with Gasteiger partial charge in [0.1, 0.15) is 0 Å². The van der Waals surface area contributed by atoms with E-state index in [-0.39, 0.29) is 0 Å². The Bertz CT molecular complexity index is 409. The van der Waals surface area contributed by atoms with Gasteiger partial charge in [-0.25, -0.2) is 0 Å². The van der Waals surface area contributed by atoms with E-state index in [1.807, 2.05) is 11.4 Å². The molecule has 1 amide bonds. The molecule has 0 aliphatic carbocycles. The van der Waals surface area contributed by atoms with E-state index in [1.54, 1.807) is 11.3 Å². The van der Waals surface area contributed by atoms with Crippen molar-refractivity contribution in [3.63, 3.8) is 0 Å². The van der Waals surface area contributed by atoms with E-state index in [1.165, 1.54) is 24.1 Å². The molecule has 3 nitrogen and oxygen atoms in total. The van der Waals surface area contributed by atoms with Gasteiger partial charge in [0.2, 0.25) is 5.91 Å². The topological polar surface area (TPSA) is 32.3 Å². The lowest BCUT2D eigenvalue weighted by Crippen LogP contribution is -2.40. The van der Waals surface area contributed by atoms with Gasteiger partial charge in [-0.2, -0.15) is 0 Å². The lowest BCUT2D eigenvalue weighted by atomic mass is 9.78. The number of likely N-dealkylation sites (tertiary alicyclic amines) is 1. The lowest BCUT2D eigenvalue weighted by molar-refractivity contribution is -0.129. The van der Waals surface area contributed by atoms with Crippen LogP contribution in [0, 0.1) is 5.41 Å². The minimum Gasteiger partial charge on any atom is -0.342 e. The largest absolute Gasteiger partial charge is 0.342 e. The number of carbonyl (C=O) groups is 1. The second-order valence-corrected chi connectivity index (χ2v) is 6.60. The van der Waals surface area contributed by atoms with Crippen LogP contribution in [0.1, 0.15) is 24.1 Å². The van der Waals surface area contributed by atoms with Crippen molar-refractivity contribution in [3.05, 3.63) is 22.4 Å². The summed E-state index contributed by atoms with van der Waals surface area (Å²) >= 11 is 1.68. The molecule has 1 N–H and O–H groups in total. The smallest absolute Gasteiger partial charge is 0.227 e. The molecule has 98 valence electrons. The van der Waals surface area contributed by atoms with Gasteiger partial charge in [0.25, 0.3) is 0 Å². The van der Waals surface area contributed by atoms with Crippen LogP contribution in [0.4, 0.5) is 0 Å². The van der Waals surface area contributed by atoms with Crippen molar-refractivity contribution >= 4 is 17.2 Å². The first-order valence-electron chi connectivity index (χ1n) is 6.78. The molecule has 0 unspecified atom stereocenters. The maximum Gasteiger partial charge on any atom is 0.227 e. The van der Waals surface area contributed by atoms with Crippen molar-refractivity contribution in [3.8, 4) is 0 Å². The van der Waals surface area contributed by atoms with Crippen LogP contribution in [0.25, 0.3) is 0 Å². The Balaban J connectivity index is 1.59. The van der Waals surface area contributed by atoms with Crippen molar-refractivity contribution < 1.29 is 4.79 Å². The summed E-state index contributed by atoms with van der Waals surface area (Å²) in [5.41, 5.74) is 0.427. The maximum absolute atomic E-state index is 12.3. The van der Waals surface area contributed by atoms with Crippen LogP contribution >= 0.6 is 11.3 Å². The van der Waals surface area contributed by atoms with Crippen LogP contribution in [-0.4, -0.2) is 37.0 Å². The van der Waals surface area contributed by atoms with E-state index in [0.717, 1.165) is 26.2 Å². The molecule has 0 atom stereocenters. The molecular formula is C14H20N2OS. The fourth-order valence-electron chi connectivity index (χ4n) is 3.19. The fraction of sp³-hybridized carbons (Fsp3) is 0.643. The third kappa shape index (κ3) is 2.45. The van der Waals surface area contributed by atoms with Gasteiger partial charge in [-0.1, -0.05) is 6.07 Å². The Morgan fingerprint density at radius 3 is 2.94 bits per heavy atom. The van der Waals surface area contributed by atoms with Gasteiger partial charge in [-0.15, -0.1) is 11.3 Å². The molecule has 2 fully saturated rings. The Morgan fingerprint density at radius 1 is 1.39 bits per heavy atom. The predicted molar refractivity (Wildman–Crippen MR) is 73.8 cm³/mol. The summed E-state index contributed by atoms with van der Waals surface area (Å²) < 4.78 is 0. The first-order chi connectivity index (χ1) is 8.77. The van der Waals surface area contributed by atoms with E-state index in [0.29, 0.717) is 17.7 Å². The highest BCUT2D eigenvalue weighted by molar-refractivity contribution is 7.10. The van der Waals surface area contributed by atoms with Gasteiger partial charge in [-0.3, -0.25) is 4.79 Å². The Labute approximate surface area is 112 Å². The maximum atomic E-state index is 12.3. The third-order valence-electron chi connectivity index (χ3n) is 4.36. The molecule has 2 aliphatic rings. The summed E-state index contributed by atoms with van der Waals surface area (Å²) in [6.07, 6.45) is 4.25. The van der Waals surface area contributed by atoms with Gasteiger partial charge in [0, 0.05) is 18.0 Å². The molecule has 4 heteroatoms. The molecular weight excluding hydrogens is 244 g/mol. The molecule has 1 spiro atoms. The molecule has 18 heavy (non-hydrogen) atoms. The highest BCUT2D eigenvalue weighted by Crippen LogP contribution is 2.38. The monoisotopic (exact) mass is 264 g/mol. The Morgan fingerprint density at radius 2 is 2.22 bits per heavy atom. The van der Waals surface area contributed by atoms with Gasteiger partial charge < -0.3 is 10.2 Å². The minimum atomic E-state index is 0.313. The van der Waals surface area contributed by atoms with Crippen LogP contribution in [-0.2, 0) is 11.2 Å². The Hall–Kier alpha value is -0.870. The summed E-state index contributed by atoms with van der Waals surface area (Å²) in [6, 6.07) is 4.07. The van der Waals surface area contributed by atoms with Gasteiger partial charge in [0.05, 0.1) is 6.42 Å². The van der Waals surface area contributed by atoms with E-state index in [4.69, 9.17) is 0 Å². The number of nitrogens with zero attached hydrogens (tertiary/aromatic N) is 1. The number of thiophene rings is 1. The molecule has 1 aromatic heterocycles. The van der Waals surface area contributed by atoms with Crippen LogP contribution in [0.5, 0.6) is 0 Å². The van der Waals surface area contributed by atoms with Crippen molar-refractivity contribution in [2.75, 3.05) is 26.2 Å². The number of hydrogen-bond donors (Lipinski definition) is 1. The Kier molecular flexibility index (Phi) is 3.39. The third-order valence-corrected chi connectivity index (χ3v) is 5.24. The van der Waals surface area contributed by atoms with Gasteiger partial charge in [0.15, 0.2) is 0 Å². The van der Waals surface area contributed by atoms with E-state index in [9.17, 15) is 4.79 Å². The molecule has 1 aromatic rings. The van der Waals surface area contributed by atoms with Crippen LogP contribution in [0.2, 0.25) is 0 Å². The van der Waals surface area contributed by atoms with Gasteiger partial charge >= 0.3 is 0 Å². The molecule has 0 saturated carbocycles. The normalized spacial score (nSPS) is 22.6. The fourth-order valence-corrected chi connectivity index (χ4v) is 3.88. The molecule has 2 saturated heterocycles. The summed E-state index contributed by atoms with van der Waals surface area (Å²) in [4.78, 5) is 15.5. The van der Waals surface area contributed by atoms with E-state index >= 15 is 0 Å². The van der Waals surface area contributed by atoms with Crippen molar-refractivity contribution in [1.29, 1.82) is 0 Å². The molecule has 0 radical (unpaired) electrons. The minimum absolute atomic E-state index is 0.313. The number of piperidine rings is 1. The number of amides is 1. The summed E-state index contributed by atoms with van der Waals surface area (Å²) in [6.45, 7) is 4.18. The molecule has 3 heterocycles. The highest BCUT2D eigenvalue weighted by Gasteiger charge is 2.40. The number of rotatable bonds is 2. The molecule has 3 rings (SSSR count). The van der Waals surface area contributed by atoms with Crippen LogP contribution in [0.15, 0.2) is 17.5 Å². The van der Waals surface area contributed by atoms with Crippen molar-refractivity contribution in [1.82, 2.24) is 10.2 Å². The average Bonchev–Trinajstić information content (AvgIpc) is 3.01. The SMILES string of the molecule is O=C(Cc1cccs1)N1CCC2(CCNCC2)C1. The zero-order valence-corrected chi connectivity index (χ0v) is 11.5. The molecule has 2 aliphatic heterocycles. The molecule has 0 bridgehead atoms. The second kappa shape index (κ2) is 5.02. The number of hydrogen-bond acceptors (Lipinski definition) is 3. The van der Waals surface area contributed by atoms with Crippen LogP contribution in [0.3, 0.4) is 0 Å². The lowest BCUT2D eigenvalue weighted by Gasteiger charge is -2.33. The zero-order valence-electron chi connectivity index (χ0n) is 10.7. The van der Waals surface area contributed by atoms with Crippen LogP contribution < -0.4 is 5.32 Å². The number of nitrogens with one attached hydrogen (secondary N) is 1. The summed E-state index contributed by atoms with van der Waals surface area (Å²) in [5.74, 6) is 0.313.